The van der Waals surface area contributed by atoms with Gasteiger partial charge in [0.2, 0.25) is 5.82 Å². The topological polar surface area (TPSA) is 82.0 Å². The van der Waals surface area contributed by atoms with E-state index in [1.54, 1.807) is 6.92 Å². The summed E-state index contributed by atoms with van der Waals surface area (Å²) in [6, 6.07) is 2.85. The largest absolute Gasteiger partial charge is 0.378 e. The summed E-state index contributed by atoms with van der Waals surface area (Å²) >= 11 is 0. The minimum atomic E-state index is -0.565. The molecule has 0 aromatic carbocycles. The molecule has 0 bridgehead atoms. The van der Waals surface area contributed by atoms with Crippen molar-refractivity contribution in [3.8, 4) is 0 Å². The van der Waals surface area contributed by atoms with Crippen molar-refractivity contribution in [1.29, 1.82) is 0 Å². The van der Waals surface area contributed by atoms with Crippen LogP contribution in [-0.4, -0.2) is 9.91 Å². The van der Waals surface area contributed by atoms with Gasteiger partial charge in [0.15, 0.2) is 0 Å². The van der Waals surface area contributed by atoms with Crippen molar-refractivity contribution in [3.05, 3.63) is 34.5 Å². The van der Waals surface area contributed by atoms with Gasteiger partial charge >= 0.3 is 5.69 Å². The van der Waals surface area contributed by atoms with Gasteiger partial charge < -0.3 is 5.73 Å². The molecule has 0 aliphatic heterocycles. The van der Waals surface area contributed by atoms with Crippen LogP contribution < -0.4 is 5.73 Å². The number of nitrogens with two attached hydrogens (primary N) is 1. The van der Waals surface area contributed by atoms with Crippen molar-refractivity contribution in [1.82, 2.24) is 4.98 Å². The van der Waals surface area contributed by atoms with Gasteiger partial charge in [-0.25, -0.2) is 4.98 Å². The van der Waals surface area contributed by atoms with Gasteiger partial charge in [0.1, 0.15) is 0 Å². The van der Waals surface area contributed by atoms with E-state index in [2.05, 4.69) is 11.6 Å². The van der Waals surface area contributed by atoms with Crippen molar-refractivity contribution in [2.45, 2.75) is 6.92 Å². The number of aromatic nitrogens is 1. The summed E-state index contributed by atoms with van der Waals surface area (Å²) in [7, 11) is 0. The maximum absolute atomic E-state index is 10.4. The average molecular weight is 179 g/mol. The zero-order valence-electron chi connectivity index (χ0n) is 7.15. The number of nitrogens with zero attached hydrogens (tertiary/aromatic N) is 2. The number of nitro groups is 1. The molecule has 1 aromatic heterocycles. The standard InChI is InChI=1S/C8H9N3O2/c1-5(2)6-3-4-7(11(12)13)8(9)10-6/h3-4H,1H2,2H3,(H2,9,10). The van der Waals surface area contributed by atoms with E-state index in [9.17, 15) is 10.1 Å². The molecule has 0 radical (unpaired) electrons. The Balaban J connectivity index is 3.20. The van der Waals surface area contributed by atoms with Gasteiger partial charge in [-0.2, -0.15) is 0 Å². The highest BCUT2D eigenvalue weighted by atomic mass is 16.6. The molecule has 0 saturated heterocycles. The summed E-state index contributed by atoms with van der Waals surface area (Å²) < 4.78 is 0. The highest BCUT2D eigenvalue weighted by Gasteiger charge is 2.12. The van der Waals surface area contributed by atoms with Gasteiger partial charge in [0.25, 0.3) is 0 Å². The van der Waals surface area contributed by atoms with Gasteiger partial charge in [-0.15, -0.1) is 0 Å². The number of hydrogen-bond donors (Lipinski definition) is 1. The first-order valence-corrected chi connectivity index (χ1v) is 3.59. The van der Waals surface area contributed by atoms with Crippen LogP contribution >= 0.6 is 0 Å². The summed E-state index contributed by atoms with van der Waals surface area (Å²) in [5.74, 6) is -0.0782. The SMILES string of the molecule is C=C(C)c1ccc([N+](=O)[O-])c(N)n1. The molecule has 0 fully saturated rings. The van der Waals surface area contributed by atoms with Crippen molar-refractivity contribution < 1.29 is 4.92 Å². The lowest BCUT2D eigenvalue weighted by molar-refractivity contribution is -0.384. The van der Waals surface area contributed by atoms with Gasteiger partial charge in [-0.05, 0) is 18.6 Å². The molecule has 5 heteroatoms. The van der Waals surface area contributed by atoms with E-state index >= 15 is 0 Å². The lowest BCUT2D eigenvalue weighted by Crippen LogP contribution is -1.99. The summed E-state index contributed by atoms with van der Waals surface area (Å²) in [6.07, 6.45) is 0. The van der Waals surface area contributed by atoms with E-state index in [0.717, 1.165) is 5.57 Å². The van der Waals surface area contributed by atoms with Crippen molar-refractivity contribution in [2.24, 2.45) is 0 Å². The zero-order chi connectivity index (χ0) is 10.0. The smallest absolute Gasteiger partial charge is 0.311 e. The minimum Gasteiger partial charge on any atom is -0.378 e. The molecule has 2 N–H and O–H groups in total. The van der Waals surface area contributed by atoms with Crippen LogP contribution in [0.5, 0.6) is 0 Å². The predicted molar refractivity (Wildman–Crippen MR) is 50.0 cm³/mol. The molecule has 0 aliphatic rings. The molecule has 0 saturated carbocycles. The predicted octanol–water partition coefficient (Wildman–Crippen LogP) is 1.61. The number of pyridine rings is 1. The normalized spacial score (nSPS) is 9.62. The first kappa shape index (κ1) is 9.18. The van der Waals surface area contributed by atoms with E-state index < -0.39 is 4.92 Å². The fourth-order valence-electron chi connectivity index (χ4n) is 0.860. The third-order valence-corrected chi connectivity index (χ3v) is 1.54. The number of rotatable bonds is 2. The lowest BCUT2D eigenvalue weighted by atomic mass is 10.2. The summed E-state index contributed by atoms with van der Waals surface area (Å²) in [5, 5.41) is 10.4. The van der Waals surface area contributed by atoms with Gasteiger partial charge in [0, 0.05) is 6.07 Å². The van der Waals surface area contributed by atoms with E-state index in [4.69, 9.17) is 5.73 Å². The summed E-state index contributed by atoms with van der Waals surface area (Å²) in [4.78, 5) is 13.6. The molecule has 68 valence electrons. The van der Waals surface area contributed by atoms with Crippen LogP contribution in [0.15, 0.2) is 18.7 Å². The van der Waals surface area contributed by atoms with Crippen molar-refractivity contribution in [2.75, 3.05) is 5.73 Å². The molecule has 5 nitrogen and oxygen atoms in total. The second kappa shape index (κ2) is 3.22. The van der Waals surface area contributed by atoms with Crippen LogP contribution in [0.1, 0.15) is 12.6 Å². The second-order valence-corrected chi connectivity index (χ2v) is 2.64. The maximum atomic E-state index is 10.4. The Morgan fingerprint density at radius 1 is 1.69 bits per heavy atom. The molecule has 1 rings (SSSR count). The molecule has 1 heterocycles. The fourth-order valence-corrected chi connectivity index (χ4v) is 0.860. The van der Waals surface area contributed by atoms with Crippen LogP contribution in [-0.2, 0) is 0 Å². The van der Waals surface area contributed by atoms with E-state index in [0.29, 0.717) is 5.69 Å². The lowest BCUT2D eigenvalue weighted by Gasteiger charge is -2.00. The molecule has 0 aliphatic carbocycles. The van der Waals surface area contributed by atoms with Gasteiger partial charge in [-0.1, -0.05) is 6.58 Å². The molecular formula is C8H9N3O2. The molecule has 13 heavy (non-hydrogen) atoms. The zero-order valence-corrected chi connectivity index (χ0v) is 7.15. The van der Waals surface area contributed by atoms with Crippen LogP contribution in [0.3, 0.4) is 0 Å². The summed E-state index contributed by atoms with van der Waals surface area (Å²) in [5.41, 5.74) is 6.49. The van der Waals surface area contributed by atoms with E-state index in [1.807, 2.05) is 0 Å². The minimum absolute atomic E-state index is 0.0782. The number of anilines is 1. The van der Waals surface area contributed by atoms with Crippen LogP contribution in [0.2, 0.25) is 0 Å². The third kappa shape index (κ3) is 1.81. The quantitative estimate of drug-likeness (QED) is 0.552. The number of hydrogen-bond acceptors (Lipinski definition) is 4. The van der Waals surface area contributed by atoms with Crippen molar-refractivity contribution >= 4 is 17.1 Å². The van der Waals surface area contributed by atoms with Crippen LogP contribution in [0.4, 0.5) is 11.5 Å². The Labute approximate surface area is 75.0 Å². The Hall–Kier alpha value is -1.91. The Bertz CT molecular complexity index is 374. The molecular weight excluding hydrogens is 170 g/mol. The molecule has 0 spiro atoms. The molecule has 0 atom stereocenters. The van der Waals surface area contributed by atoms with Crippen LogP contribution in [0, 0.1) is 10.1 Å². The van der Waals surface area contributed by atoms with Crippen molar-refractivity contribution in [3.63, 3.8) is 0 Å². The highest BCUT2D eigenvalue weighted by molar-refractivity contribution is 5.63. The molecule has 1 aromatic rings. The van der Waals surface area contributed by atoms with Gasteiger partial charge in [-0.3, -0.25) is 10.1 Å². The van der Waals surface area contributed by atoms with E-state index in [1.165, 1.54) is 12.1 Å². The fraction of sp³-hybridized carbons (Fsp3) is 0.125. The average Bonchev–Trinajstić information content (AvgIpc) is 2.03. The number of allylic oxidation sites excluding steroid dienone is 1. The molecule has 0 unspecified atom stereocenters. The monoisotopic (exact) mass is 179 g/mol. The van der Waals surface area contributed by atoms with E-state index in [-0.39, 0.29) is 11.5 Å². The second-order valence-electron chi connectivity index (χ2n) is 2.64. The summed E-state index contributed by atoms with van der Waals surface area (Å²) in [6.45, 7) is 5.41. The Kier molecular flexibility index (Phi) is 2.27. The van der Waals surface area contributed by atoms with Crippen LogP contribution in [0.25, 0.3) is 5.57 Å². The number of nitrogen functional groups attached to an aromatic ring is 1. The Morgan fingerprint density at radius 2 is 2.31 bits per heavy atom. The van der Waals surface area contributed by atoms with Gasteiger partial charge in [0.05, 0.1) is 10.6 Å². The first-order valence-electron chi connectivity index (χ1n) is 3.59. The molecule has 0 amide bonds. The Morgan fingerprint density at radius 3 is 2.69 bits per heavy atom. The third-order valence-electron chi connectivity index (χ3n) is 1.54. The first-order chi connectivity index (χ1) is 6.02. The maximum Gasteiger partial charge on any atom is 0.311 e. The highest BCUT2D eigenvalue weighted by Crippen LogP contribution is 2.20.